The molecule has 0 saturated carbocycles. The van der Waals surface area contributed by atoms with Crippen molar-refractivity contribution in [2.75, 3.05) is 0 Å². The molecule has 0 unspecified atom stereocenters. The SMILES string of the molecule is c1ccc(-c2cccc(-c3cc(-c4cccc5c4C4(c6ccccc6-c6ccccc64)c4ccccc4-5)nc(-c4cccc(-c5ccccc5)c4)n3)c2)cc1. The van der Waals surface area contributed by atoms with Crippen LogP contribution in [0.15, 0.2) is 206 Å². The van der Waals surface area contributed by atoms with Crippen LogP contribution in [0, 0.1) is 0 Å². The Morgan fingerprint density at radius 3 is 1.27 bits per heavy atom. The predicted molar refractivity (Wildman–Crippen MR) is 226 cm³/mol. The van der Waals surface area contributed by atoms with Gasteiger partial charge in [0.15, 0.2) is 5.82 Å². The molecule has 0 bridgehead atoms. The van der Waals surface area contributed by atoms with E-state index in [9.17, 15) is 0 Å². The van der Waals surface area contributed by atoms with E-state index in [1.54, 1.807) is 0 Å². The van der Waals surface area contributed by atoms with Gasteiger partial charge in [-0.3, -0.25) is 0 Å². The lowest BCUT2D eigenvalue weighted by Gasteiger charge is -2.32. The van der Waals surface area contributed by atoms with Gasteiger partial charge in [-0.2, -0.15) is 0 Å². The second kappa shape index (κ2) is 12.5. The first kappa shape index (κ1) is 31.4. The summed E-state index contributed by atoms with van der Waals surface area (Å²) in [5, 5.41) is 0. The molecular formula is C53H34N2. The molecule has 1 heterocycles. The van der Waals surface area contributed by atoms with Gasteiger partial charge in [0.25, 0.3) is 0 Å². The Kier molecular flexibility index (Phi) is 7.11. The molecule has 55 heavy (non-hydrogen) atoms. The summed E-state index contributed by atoms with van der Waals surface area (Å²) in [7, 11) is 0. The highest BCUT2D eigenvalue weighted by molar-refractivity contribution is 5.98. The molecule has 256 valence electrons. The molecule has 0 amide bonds. The highest BCUT2D eigenvalue weighted by Gasteiger charge is 2.52. The number of fused-ring (bicyclic) bond motifs is 10. The number of benzene rings is 8. The Morgan fingerprint density at radius 2 is 0.673 bits per heavy atom. The molecule has 8 aromatic carbocycles. The summed E-state index contributed by atoms with van der Waals surface area (Å²) in [5.41, 5.74) is 19.4. The minimum atomic E-state index is -0.499. The summed E-state index contributed by atoms with van der Waals surface area (Å²) >= 11 is 0. The maximum Gasteiger partial charge on any atom is 0.160 e. The van der Waals surface area contributed by atoms with Gasteiger partial charge in [0.1, 0.15) is 0 Å². The van der Waals surface area contributed by atoms with Crippen molar-refractivity contribution in [2.45, 2.75) is 5.41 Å². The first-order valence-electron chi connectivity index (χ1n) is 18.9. The molecule has 11 rings (SSSR count). The second-order valence-corrected chi connectivity index (χ2v) is 14.5. The smallest absolute Gasteiger partial charge is 0.160 e. The number of hydrogen-bond acceptors (Lipinski definition) is 2. The molecule has 0 N–H and O–H groups in total. The monoisotopic (exact) mass is 698 g/mol. The summed E-state index contributed by atoms with van der Waals surface area (Å²) in [5.74, 6) is 0.699. The minimum absolute atomic E-state index is 0.499. The van der Waals surface area contributed by atoms with Crippen molar-refractivity contribution in [1.82, 2.24) is 9.97 Å². The molecule has 1 spiro atoms. The van der Waals surface area contributed by atoms with Crippen molar-refractivity contribution in [3.63, 3.8) is 0 Å². The fourth-order valence-electron chi connectivity index (χ4n) is 9.19. The zero-order valence-electron chi connectivity index (χ0n) is 30.0. The number of nitrogens with zero attached hydrogens (tertiary/aromatic N) is 2. The van der Waals surface area contributed by atoms with Gasteiger partial charge < -0.3 is 0 Å². The standard InChI is InChI=1S/C53H34N2/c1-3-16-35(17-4-1)37-20-13-22-39(32-37)49-34-50(55-52(54-49)40-23-14-21-38(33-40)36-18-5-2-6-19-36)45-28-15-27-44-43-26-9-12-31-48(43)53(51(44)45)46-29-10-7-24-41(46)42-25-8-11-30-47(42)53/h1-34H. The molecule has 0 fully saturated rings. The first-order chi connectivity index (χ1) is 27.3. The molecule has 0 atom stereocenters. The van der Waals surface area contributed by atoms with E-state index < -0.39 is 5.41 Å². The van der Waals surface area contributed by atoms with Gasteiger partial charge in [-0.25, -0.2) is 9.97 Å². The molecule has 2 aliphatic rings. The molecule has 1 aromatic heterocycles. The summed E-state index contributed by atoms with van der Waals surface area (Å²) < 4.78 is 0. The van der Waals surface area contributed by atoms with Gasteiger partial charge in [-0.15, -0.1) is 0 Å². The second-order valence-electron chi connectivity index (χ2n) is 14.5. The van der Waals surface area contributed by atoms with Crippen LogP contribution in [-0.2, 0) is 5.41 Å². The van der Waals surface area contributed by atoms with Gasteiger partial charge in [0.05, 0.1) is 16.8 Å². The molecule has 2 nitrogen and oxygen atoms in total. The highest BCUT2D eigenvalue weighted by atomic mass is 14.9. The topological polar surface area (TPSA) is 25.8 Å². The average molecular weight is 699 g/mol. The Bertz CT molecular complexity index is 2760. The van der Waals surface area contributed by atoms with Crippen molar-refractivity contribution >= 4 is 0 Å². The Morgan fingerprint density at radius 1 is 0.273 bits per heavy atom. The first-order valence-corrected chi connectivity index (χ1v) is 18.9. The number of aromatic nitrogens is 2. The molecular weight excluding hydrogens is 665 g/mol. The lowest BCUT2D eigenvalue weighted by Crippen LogP contribution is -2.26. The van der Waals surface area contributed by atoms with E-state index in [1.807, 2.05) is 0 Å². The lowest BCUT2D eigenvalue weighted by molar-refractivity contribution is 0.795. The van der Waals surface area contributed by atoms with E-state index in [1.165, 1.54) is 50.1 Å². The summed E-state index contributed by atoms with van der Waals surface area (Å²) in [4.78, 5) is 10.9. The maximum atomic E-state index is 5.51. The van der Waals surface area contributed by atoms with Crippen LogP contribution in [0.4, 0.5) is 0 Å². The average Bonchev–Trinajstić information content (AvgIpc) is 3.74. The van der Waals surface area contributed by atoms with Crippen LogP contribution in [0.1, 0.15) is 22.3 Å². The van der Waals surface area contributed by atoms with Crippen molar-refractivity contribution in [1.29, 1.82) is 0 Å². The zero-order valence-corrected chi connectivity index (χ0v) is 30.0. The van der Waals surface area contributed by atoms with E-state index in [2.05, 4.69) is 206 Å². The van der Waals surface area contributed by atoms with Gasteiger partial charge in [0.2, 0.25) is 0 Å². The normalized spacial score (nSPS) is 12.9. The molecule has 0 aliphatic heterocycles. The largest absolute Gasteiger partial charge is 0.228 e. The predicted octanol–water partition coefficient (Wildman–Crippen LogP) is 13.2. The summed E-state index contributed by atoms with van der Waals surface area (Å²) in [6.07, 6.45) is 0. The molecule has 2 aliphatic carbocycles. The number of rotatable bonds is 5. The van der Waals surface area contributed by atoms with Crippen molar-refractivity contribution < 1.29 is 0 Å². The van der Waals surface area contributed by atoms with Crippen LogP contribution in [0.3, 0.4) is 0 Å². The van der Waals surface area contributed by atoms with Crippen LogP contribution in [-0.4, -0.2) is 9.97 Å². The fraction of sp³-hybridized carbons (Fsp3) is 0.0189. The molecule has 2 heteroatoms. The third-order valence-corrected chi connectivity index (χ3v) is 11.5. The van der Waals surface area contributed by atoms with Crippen LogP contribution < -0.4 is 0 Å². The van der Waals surface area contributed by atoms with Crippen molar-refractivity contribution in [3.8, 4) is 78.4 Å². The Balaban J connectivity index is 1.19. The van der Waals surface area contributed by atoms with Crippen LogP contribution >= 0.6 is 0 Å². The van der Waals surface area contributed by atoms with Gasteiger partial charge >= 0.3 is 0 Å². The van der Waals surface area contributed by atoms with E-state index in [0.29, 0.717) is 5.82 Å². The van der Waals surface area contributed by atoms with E-state index in [4.69, 9.17) is 9.97 Å². The third kappa shape index (κ3) is 4.82. The van der Waals surface area contributed by atoms with Crippen LogP contribution in [0.5, 0.6) is 0 Å². The highest BCUT2D eigenvalue weighted by Crippen LogP contribution is 2.64. The quantitative estimate of drug-likeness (QED) is 0.179. The Hall–Kier alpha value is -7.16. The lowest BCUT2D eigenvalue weighted by atomic mass is 9.69. The van der Waals surface area contributed by atoms with Crippen LogP contribution in [0.2, 0.25) is 0 Å². The van der Waals surface area contributed by atoms with Gasteiger partial charge in [-0.1, -0.05) is 188 Å². The van der Waals surface area contributed by atoms with E-state index >= 15 is 0 Å². The van der Waals surface area contributed by atoms with Gasteiger partial charge in [0, 0.05) is 16.7 Å². The van der Waals surface area contributed by atoms with E-state index in [0.717, 1.165) is 44.8 Å². The van der Waals surface area contributed by atoms with Crippen molar-refractivity contribution in [3.05, 3.63) is 229 Å². The summed E-state index contributed by atoms with van der Waals surface area (Å²) in [6.45, 7) is 0. The number of hydrogen-bond donors (Lipinski definition) is 0. The van der Waals surface area contributed by atoms with Gasteiger partial charge in [-0.05, 0) is 85.0 Å². The zero-order chi connectivity index (χ0) is 36.3. The fourth-order valence-corrected chi connectivity index (χ4v) is 9.19. The van der Waals surface area contributed by atoms with Crippen molar-refractivity contribution in [2.24, 2.45) is 0 Å². The molecule has 9 aromatic rings. The molecule has 0 saturated heterocycles. The molecule has 0 radical (unpaired) electrons. The Labute approximate surface area is 321 Å². The maximum absolute atomic E-state index is 5.51. The third-order valence-electron chi connectivity index (χ3n) is 11.5. The summed E-state index contributed by atoms with van der Waals surface area (Å²) in [6, 6.07) is 74.3. The minimum Gasteiger partial charge on any atom is -0.228 e. The van der Waals surface area contributed by atoms with Crippen LogP contribution in [0.25, 0.3) is 78.4 Å². The van der Waals surface area contributed by atoms with E-state index in [-0.39, 0.29) is 0 Å².